The second-order valence-electron chi connectivity index (χ2n) is 4.21. The van der Waals surface area contributed by atoms with Gasteiger partial charge in [-0.15, -0.1) is 4.91 Å². The molecule has 86 valence electrons. The summed E-state index contributed by atoms with van der Waals surface area (Å²) in [5, 5.41) is 4.55. The second-order valence-corrected chi connectivity index (χ2v) is 4.21. The van der Waals surface area contributed by atoms with Gasteiger partial charge in [-0.25, -0.2) is 4.39 Å². The Morgan fingerprint density at radius 1 is 1.19 bits per heavy atom. The van der Waals surface area contributed by atoms with Crippen LogP contribution in [0, 0.1) is 10.7 Å². The van der Waals surface area contributed by atoms with E-state index < -0.39 is 0 Å². The van der Waals surface area contributed by atoms with Gasteiger partial charge in [0.05, 0.1) is 5.29 Å². The van der Waals surface area contributed by atoms with Crippen LogP contribution in [-0.2, 0) is 0 Å². The van der Waals surface area contributed by atoms with Crippen LogP contribution in [-0.4, -0.2) is 18.1 Å². The molecular formula is C12H15FN2O. The SMILES string of the molecule is O=NN1CCCC(c2ccc(F)cc2)CC1. The van der Waals surface area contributed by atoms with E-state index in [4.69, 9.17) is 0 Å². The maximum absolute atomic E-state index is 12.8. The zero-order chi connectivity index (χ0) is 11.4. The van der Waals surface area contributed by atoms with Crippen molar-refractivity contribution < 1.29 is 4.39 Å². The Labute approximate surface area is 94.2 Å². The summed E-state index contributed by atoms with van der Waals surface area (Å²) in [7, 11) is 0. The van der Waals surface area contributed by atoms with Crippen LogP contribution >= 0.6 is 0 Å². The van der Waals surface area contributed by atoms with E-state index >= 15 is 0 Å². The summed E-state index contributed by atoms with van der Waals surface area (Å²) in [6.07, 6.45) is 2.92. The van der Waals surface area contributed by atoms with Crippen LogP contribution < -0.4 is 0 Å². The first kappa shape index (κ1) is 11.0. The van der Waals surface area contributed by atoms with Gasteiger partial charge in [-0.2, -0.15) is 0 Å². The summed E-state index contributed by atoms with van der Waals surface area (Å²) < 4.78 is 12.8. The van der Waals surface area contributed by atoms with Crippen LogP contribution in [0.3, 0.4) is 0 Å². The van der Waals surface area contributed by atoms with E-state index in [1.165, 1.54) is 12.1 Å². The molecule has 0 bridgehead atoms. The standard InChI is InChI=1S/C12H15FN2O/c13-12-5-3-11(4-6-12)10-2-1-8-15(14-16)9-7-10/h3-6,10H,1-2,7-9H2. The lowest BCUT2D eigenvalue weighted by Crippen LogP contribution is -2.17. The maximum Gasteiger partial charge on any atom is 0.123 e. The number of hydrogen-bond acceptors (Lipinski definition) is 2. The number of hydrogen-bond donors (Lipinski definition) is 0. The molecule has 1 aromatic carbocycles. The molecule has 4 heteroatoms. The Kier molecular flexibility index (Phi) is 3.49. The first-order chi connectivity index (χ1) is 7.79. The Morgan fingerprint density at radius 3 is 2.62 bits per heavy atom. The Morgan fingerprint density at radius 2 is 1.94 bits per heavy atom. The molecule has 0 aromatic heterocycles. The smallest absolute Gasteiger partial charge is 0.123 e. The zero-order valence-electron chi connectivity index (χ0n) is 9.10. The quantitative estimate of drug-likeness (QED) is 0.720. The number of rotatable bonds is 2. The van der Waals surface area contributed by atoms with Crippen molar-refractivity contribution in [1.29, 1.82) is 0 Å². The third kappa shape index (κ3) is 2.56. The molecule has 16 heavy (non-hydrogen) atoms. The van der Waals surface area contributed by atoms with Gasteiger partial charge in [0.1, 0.15) is 5.82 Å². The van der Waals surface area contributed by atoms with Gasteiger partial charge >= 0.3 is 0 Å². The minimum atomic E-state index is -0.200. The fourth-order valence-electron chi connectivity index (χ4n) is 2.23. The van der Waals surface area contributed by atoms with Crippen molar-refractivity contribution in [3.8, 4) is 0 Å². The van der Waals surface area contributed by atoms with Crippen molar-refractivity contribution in [3.05, 3.63) is 40.6 Å². The van der Waals surface area contributed by atoms with Crippen LogP contribution in [0.2, 0.25) is 0 Å². The molecule has 0 saturated carbocycles. The van der Waals surface area contributed by atoms with Gasteiger partial charge in [-0.3, -0.25) is 5.01 Å². The van der Waals surface area contributed by atoms with Gasteiger partial charge in [-0.1, -0.05) is 12.1 Å². The highest BCUT2D eigenvalue weighted by Gasteiger charge is 2.17. The summed E-state index contributed by atoms with van der Waals surface area (Å²) >= 11 is 0. The Hall–Kier alpha value is -1.45. The summed E-state index contributed by atoms with van der Waals surface area (Å²) in [6.45, 7) is 1.44. The summed E-state index contributed by atoms with van der Waals surface area (Å²) in [4.78, 5) is 10.4. The van der Waals surface area contributed by atoms with Crippen LogP contribution in [0.1, 0.15) is 30.7 Å². The van der Waals surface area contributed by atoms with Crippen molar-refractivity contribution in [2.75, 3.05) is 13.1 Å². The van der Waals surface area contributed by atoms with Gasteiger partial charge in [-0.05, 0) is 42.9 Å². The van der Waals surface area contributed by atoms with Crippen molar-refractivity contribution in [3.63, 3.8) is 0 Å². The van der Waals surface area contributed by atoms with E-state index in [9.17, 15) is 9.30 Å². The fourth-order valence-corrected chi connectivity index (χ4v) is 2.23. The first-order valence-corrected chi connectivity index (χ1v) is 5.63. The zero-order valence-corrected chi connectivity index (χ0v) is 9.10. The number of benzene rings is 1. The molecule has 3 nitrogen and oxygen atoms in total. The lowest BCUT2D eigenvalue weighted by Gasteiger charge is -2.14. The molecule has 0 aliphatic carbocycles. The largest absolute Gasteiger partial charge is 0.261 e. The Balaban J connectivity index is 2.04. The molecule has 0 amide bonds. The topological polar surface area (TPSA) is 32.7 Å². The van der Waals surface area contributed by atoms with Gasteiger partial charge in [0, 0.05) is 13.1 Å². The van der Waals surface area contributed by atoms with Gasteiger partial charge < -0.3 is 0 Å². The number of halogens is 1. The second kappa shape index (κ2) is 5.05. The predicted octanol–water partition coefficient (Wildman–Crippen LogP) is 3.08. The molecule has 1 aliphatic heterocycles. The molecule has 0 spiro atoms. The fraction of sp³-hybridized carbons (Fsp3) is 0.500. The van der Waals surface area contributed by atoms with Crippen molar-refractivity contribution in [1.82, 2.24) is 5.01 Å². The van der Waals surface area contributed by atoms with Gasteiger partial charge in [0.2, 0.25) is 0 Å². The van der Waals surface area contributed by atoms with Crippen molar-refractivity contribution in [2.24, 2.45) is 5.29 Å². The highest BCUT2D eigenvalue weighted by molar-refractivity contribution is 5.20. The molecule has 1 heterocycles. The highest BCUT2D eigenvalue weighted by Crippen LogP contribution is 2.28. The van der Waals surface area contributed by atoms with E-state index in [1.807, 2.05) is 12.1 Å². The third-order valence-corrected chi connectivity index (χ3v) is 3.16. The van der Waals surface area contributed by atoms with Crippen molar-refractivity contribution in [2.45, 2.75) is 25.2 Å². The van der Waals surface area contributed by atoms with Gasteiger partial charge in [0.15, 0.2) is 0 Å². The van der Waals surface area contributed by atoms with E-state index in [-0.39, 0.29) is 5.82 Å². The van der Waals surface area contributed by atoms with Crippen LogP contribution in [0.4, 0.5) is 4.39 Å². The molecular weight excluding hydrogens is 207 g/mol. The normalized spacial score (nSPS) is 21.6. The molecule has 1 aliphatic rings. The van der Waals surface area contributed by atoms with Crippen LogP contribution in [0.25, 0.3) is 0 Å². The molecule has 1 saturated heterocycles. The minimum Gasteiger partial charge on any atom is -0.261 e. The van der Waals surface area contributed by atoms with E-state index in [2.05, 4.69) is 5.29 Å². The molecule has 0 N–H and O–H groups in total. The lowest BCUT2D eigenvalue weighted by atomic mass is 9.92. The first-order valence-electron chi connectivity index (χ1n) is 5.63. The highest BCUT2D eigenvalue weighted by atomic mass is 19.1. The van der Waals surface area contributed by atoms with Crippen LogP contribution in [0.5, 0.6) is 0 Å². The van der Waals surface area contributed by atoms with E-state index in [0.717, 1.165) is 31.4 Å². The number of nitroso groups, excluding NO2 is 1. The minimum absolute atomic E-state index is 0.200. The number of nitrogens with zero attached hydrogens (tertiary/aromatic N) is 2. The predicted molar refractivity (Wildman–Crippen MR) is 60.4 cm³/mol. The summed E-state index contributed by atoms with van der Waals surface area (Å²) in [5.74, 6) is 0.223. The van der Waals surface area contributed by atoms with E-state index in [1.54, 1.807) is 5.01 Å². The average Bonchev–Trinajstić information content (AvgIpc) is 2.55. The third-order valence-electron chi connectivity index (χ3n) is 3.16. The summed E-state index contributed by atoms with van der Waals surface area (Å²) in [5.41, 5.74) is 1.16. The molecule has 1 aromatic rings. The van der Waals surface area contributed by atoms with Gasteiger partial charge in [0.25, 0.3) is 0 Å². The van der Waals surface area contributed by atoms with E-state index in [0.29, 0.717) is 12.5 Å². The molecule has 1 fully saturated rings. The lowest BCUT2D eigenvalue weighted by molar-refractivity contribution is 0.295. The van der Waals surface area contributed by atoms with Crippen LogP contribution in [0.15, 0.2) is 29.6 Å². The molecule has 0 radical (unpaired) electrons. The monoisotopic (exact) mass is 222 g/mol. The molecule has 1 atom stereocenters. The maximum atomic E-state index is 12.8. The summed E-state index contributed by atoms with van der Waals surface area (Å²) in [6, 6.07) is 6.67. The van der Waals surface area contributed by atoms with Crippen molar-refractivity contribution >= 4 is 0 Å². The molecule has 1 unspecified atom stereocenters. The average molecular weight is 222 g/mol. The molecule has 2 rings (SSSR count). The Bertz CT molecular complexity index is 353.